The number of nitrogens with one attached hydrogen (secondary N) is 1. The van der Waals surface area contributed by atoms with Gasteiger partial charge >= 0.3 is 0 Å². The zero-order valence-corrected chi connectivity index (χ0v) is 13.5. The summed E-state index contributed by atoms with van der Waals surface area (Å²) in [4.78, 5) is 0. The molecule has 1 aromatic rings. The molecule has 0 saturated heterocycles. The molecule has 0 radical (unpaired) electrons. The van der Waals surface area contributed by atoms with Crippen LogP contribution in [0.5, 0.6) is 0 Å². The first-order valence-electron chi connectivity index (χ1n) is 7.16. The molecule has 0 saturated carbocycles. The Morgan fingerprint density at radius 1 is 1.17 bits per heavy atom. The third kappa shape index (κ3) is 5.53. The molecule has 0 heterocycles. The highest BCUT2D eigenvalue weighted by atomic mass is 79.9. The van der Waals surface area contributed by atoms with Gasteiger partial charge in [0.15, 0.2) is 0 Å². The van der Waals surface area contributed by atoms with Crippen LogP contribution in [0.3, 0.4) is 0 Å². The number of halogens is 1. The highest BCUT2D eigenvalue weighted by molar-refractivity contribution is 9.10. The largest absolute Gasteiger partial charge is 0.310 e. The number of hydrogen-bond donors (Lipinski definition) is 1. The van der Waals surface area contributed by atoms with Crippen molar-refractivity contribution in [2.24, 2.45) is 5.92 Å². The second-order valence-electron chi connectivity index (χ2n) is 5.10. The lowest BCUT2D eigenvalue weighted by molar-refractivity contribution is 0.398. The lowest BCUT2D eigenvalue weighted by Gasteiger charge is -2.20. The highest BCUT2D eigenvalue weighted by Crippen LogP contribution is 2.18. The van der Waals surface area contributed by atoms with Gasteiger partial charge in [-0.05, 0) is 43.5 Å². The topological polar surface area (TPSA) is 12.0 Å². The Labute approximate surface area is 120 Å². The molecule has 0 aliphatic carbocycles. The Hall–Kier alpha value is -0.340. The van der Waals surface area contributed by atoms with Crippen molar-refractivity contribution in [1.82, 2.24) is 5.32 Å². The predicted molar refractivity (Wildman–Crippen MR) is 83.9 cm³/mol. The van der Waals surface area contributed by atoms with E-state index in [1.54, 1.807) is 0 Å². The second-order valence-corrected chi connectivity index (χ2v) is 6.01. The van der Waals surface area contributed by atoms with Crippen LogP contribution >= 0.6 is 15.9 Å². The fourth-order valence-electron chi connectivity index (χ4n) is 2.16. The quantitative estimate of drug-likeness (QED) is 0.685. The van der Waals surface area contributed by atoms with Crippen molar-refractivity contribution in [2.75, 3.05) is 6.54 Å². The average Bonchev–Trinajstić information content (AvgIpc) is 2.39. The minimum absolute atomic E-state index is 0.439. The summed E-state index contributed by atoms with van der Waals surface area (Å²) < 4.78 is 1.15. The summed E-state index contributed by atoms with van der Waals surface area (Å²) in [6.07, 6.45) is 5.29. The maximum Gasteiger partial charge on any atom is 0.0291 e. The van der Waals surface area contributed by atoms with Crippen molar-refractivity contribution in [1.29, 1.82) is 0 Å². The Kier molecular flexibility index (Phi) is 7.60. The standard InChI is InChI=1S/C16H26BrN/c1-4-6-7-14(5-2)12-18-13(3)15-8-10-16(17)11-9-15/h8-11,13-14,18H,4-7,12H2,1-3H3/t13-,14?/m1/s1. The molecule has 0 spiro atoms. The second kappa shape index (κ2) is 8.71. The summed E-state index contributed by atoms with van der Waals surface area (Å²) in [6.45, 7) is 7.94. The SMILES string of the molecule is CCCCC(CC)CN[C@H](C)c1ccc(Br)cc1. The van der Waals surface area contributed by atoms with E-state index in [0.29, 0.717) is 6.04 Å². The summed E-state index contributed by atoms with van der Waals surface area (Å²) in [6, 6.07) is 9.04. The van der Waals surface area contributed by atoms with Crippen molar-refractivity contribution >= 4 is 15.9 Å². The maximum atomic E-state index is 3.66. The van der Waals surface area contributed by atoms with Crippen LogP contribution < -0.4 is 5.32 Å². The van der Waals surface area contributed by atoms with Gasteiger partial charge in [-0.25, -0.2) is 0 Å². The molecule has 1 nitrogen and oxygen atoms in total. The van der Waals surface area contributed by atoms with Crippen molar-refractivity contribution in [3.05, 3.63) is 34.3 Å². The van der Waals surface area contributed by atoms with E-state index in [1.807, 2.05) is 0 Å². The van der Waals surface area contributed by atoms with Crippen molar-refractivity contribution in [3.63, 3.8) is 0 Å². The summed E-state index contributed by atoms with van der Waals surface area (Å²) in [5.41, 5.74) is 1.36. The molecule has 0 aliphatic heterocycles. The van der Waals surface area contributed by atoms with E-state index >= 15 is 0 Å². The molecule has 102 valence electrons. The van der Waals surface area contributed by atoms with Gasteiger partial charge in [-0.1, -0.05) is 61.2 Å². The Balaban J connectivity index is 2.39. The van der Waals surface area contributed by atoms with Gasteiger partial charge in [0, 0.05) is 10.5 Å². The fraction of sp³-hybridized carbons (Fsp3) is 0.625. The van der Waals surface area contributed by atoms with Gasteiger partial charge in [-0.15, -0.1) is 0 Å². The van der Waals surface area contributed by atoms with Crippen molar-refractivity contribution in [3.8, 4) is 0 Å². The van der Waals surface area contributed by atoms with Crippen LogP contribution in [0.25, 0.3) is 0 Å². The Morgan fingerprint density at radius 3 is 2.39 bits per heavy atom. The maximum absolute atomic E-state index is 3.66. The molecule has 2 atom stereocenters. The van der Waals surface area contributed by atoms with Crippen LogP contribution in [0, 0.1) is 5.92 Å². The number of rotatable bonds is 8. The molecule has 1 unspecified atom stereocenters. The molecule has 0 fully saturated rings. The first kappa shape index (κ1) is 15.7. The summed E-state index contributed by atoms with van der Waals surface area (Å²) in [7, 11) is 0. The average molecular weight is 312 g/mol. The smallest absolute Gasteiger partial charge is 0.0291 e. The monoisotopic (exact) mass is 311 g/mol. The van der Waals surface area contributed by atoms with Crippen LogP contribution in [0.4, 0.5) is 0 Å². The van der Waals surface area contributed by atoms with E-state index in [2.05, 4.69) is 66.3 Å². The van der Waals surface area contributed by atoms with E-state index in [9.17, 15) is 0 Å². The molecule has 0 amide bonds. The summed E-state index contributed by atoms with van der Waals surface area (Å²) >= 11 is 3.48. The number of unbranched alkanes of at least 4 members (excludes halogenated alkanes) is 1. The Morgan fingerprint density at radius 2 is 1.83 bits per heavy atom. The third-order valence-electron chi connectivity index (χ3n) is 3.63. The van der Waals surface area contributed by atoms with Gasteiger partial charge in [0.1, 0.15) is 0 Å². The summed E-state index contributed by atoms with van der Waals surface area (Å²) in [5.74, 6) is 0.822. The van der Waals surface area contributed by atoms with E-state index in [0.717, 1.165) is 16.9 Å². The zero-order valence-electron chi connectivity index (χ0n) is 11.9. The first-order valence-corrected chi connectivity index (χ1v) is 7.95. The molecule has 1 N–H and O–H groups in total. The minimum atomic E-state index is 0.439. The lowest BCUT2D eigenvalue weighted by Crippen LogP contribution is -2.25. The van der Waals surface area contributed by atoms with Gasteiger partial charge in [-0.3, -0.25) is 0 Å². The van der Waals surface area contributed by atoms with Crippen molar-refractivity contribution < 1.29 is 0 Å². The van der Waals surface area contributed by atoms with Gasteiger partial charge < -0.3 is 5.32 Å². The third-order valence-corrected chi connectivity index (χ3v) is 4.15. The van der Waals surface area contributed by atoms with E-state index in [-0.39, 0.29) is 0 Å². The lowest BCUT2D eigenvalue weighted by atomic mass is 9.98. The predicted octanol–water partition coefficient (Wildman–Crippen LogP) is 5.32. The Bertz CT molecular complexity index is 320. The first-order chi connectivity index (χ1) is 8.67. The van der Waals surface area contributed by atoms with Crippen LogP contribution in [0.2, 0.25) is 0 Å². The van der Waals surface area contributed by atoms with Gasteiger partial charge in [0.25, 0.3) is 0 Å². The van der Waals surface area contributed by atoms with Crippen LogP contribution in [0.15, 0.2) is 28.7 Å². The molecule has 0 bridgehead atoms. The van der Waals surface area contributed by atoms with E-state index in [4.69, 9.17) is 0 Å². The minimum Gasteiger partial charge on any atom is -0.310 e. The molecule has 18 heavy (non-hydrogen) atoms. The molecule has 0 aromatic heterocycles. The molecule has 1 rings (SSSR count). The number of benzene rings is 1. The normalized spacial score (nSPS) is 14.4. The number of hydrogen-bond acceptors (Lipinski definition) is 1. The molecule has 2 heteroatoms. The summed E-state index contributed by atoms with van der Waals surface area (Å²) in [5, 5.41) is 3.66. The molecular formula is C16H26BrN. The van der Waals surface area contributed by atoms with Crippen LogP contribution in [0.1, 0.15) is 58.1 Å². The van der Waals surface area contributed by atoms with Gasteiger partial charge in [0.2, 0.25) is 0 Å². The molecule has 0 aliphatic rings. The molecule has 1 aromatic carbocycles. The highest BCUT2D eigenvalue weighted by Gasteiger charge is 2.09. The van der Waals surface area contributed by atoms with Crippen LogP contribution in [-0.2, 0) is 0 Å². The van der Waals surface area contributed by atoms with Crippen LogP contribution in [-0.4, -0.2) is 6.54 Å². The fourth-order valence-corrected chi connectivity index (χ4v) is 2.42. The van der Waals surface area contributed by atoms with E-state index < -0.39 is 0 Å². The van der Waals surface area contributed by atoms with E-state index in [1.165, 1.54) is 31.2 Å². The van der Waals surface area contributed by atoms with Gasteiger partial charge in [0.05, 0.1) is 0 Å². The van der Waals surface area contributed by atoms with Crippen molar-refractivity contribution in [2.45, 2.75) is 52.5 Å². The van der Waals surface area contributed by atoms with Gasteiger partial charge in [-0.2, -0.15) is 0 Å². The molecular weight excluding hydrogens is 286 g/mol. The zero-order chi connectivity index (χ0) is 13.4.